The highest BCUT2D eigenvalue weighted by molar-refractivity contribution is 5.47. The van der Waals surface area contributed by atoms with Gasteiger partial charge in [-0.2, -0.15) is 18.2 Å². The molecule has 1 aromatic rings. The summed E-state index contributed by atoms with van der Waals surface area (Å²) < 4.78 is 39.8. The van der Waals surface area contributed by atoms with Gasteiger partial charge in [0, 0.05) is 32.2 Å². The Bertz CT molecular complexity index is 608. The molecule has 2 fully saturated rings. The van der Waals surface area contributed by atoms with E-state index in [0.717, 1.165) is 18.9 Å². The second-order valence-electron chi connectivity index (χ2n) is 6.83. The summed E-state index contributed by atoms with van der Waals surface area (Å²) in [5.74, 6) is 0.343. The molecular weight excluding hydrogens is 337 g/mol. The monoisotopic (exact) mass is 360 g/mol. The van der Waals surface area contributed by atoms with Gasteiger partial charge in [0.25, 0.3) is 0 Å². The number of aromatic nitrogens is 2. The summed E-state index contributed by atoms with van der Waals surface area (Å²) in [4.78, 5) is 11.6. The van der Waals surface area contributed by atoms with Crippen molar-refractivity contribution in [2.75, 3.05) is 42.6 Å². The highest BCUT2D eigenvalue weighted by Crippen LogP contribution is 2.33. The van der Waals surface area contributed by atoms with Gasteiger partial charge < -0.3 is 20.0 Å². The first kappa shape index (κ1) is 18.2. The van der Waals surface area contributed by atoms with E-state index < -0.39 is 17.5 Å². The molecule has 0 saturated carbocycles. The van der Waals surface area contributed by atoms with Crippen molar-refractivity contribution in [3.8, 4) is 0 Å². The maximum absolute atomic E-state index is 13.3. The van der Waals surface area contributed by atoms with Crippen LogP contribution in [0.3, 0.4) is 0 Å². The van der Waals surface area contributed by atoms with Crippen LogP contribution in [0.15, 0.2) is 6.07 Å². The smallest absolute Gasteiger partial charge is 0.393 e. The lowest BCUT2D eigenvalue weighted by atomic mass is 9.96. The standard InChI is InChI=1S/C16H23F3N4O2/c17-16(18,19)12-10-13(21-14(20-12)23-6-1-2-7-23)22-8-3-4-15(25,11-24)5-9-22/h10,24-25H,1-9,11H2. The average molecular weight is 360 g/mol. The zero-order chi connectivity index (χ0) is 18.1. The van der Waals surface area contributed by atoms with Gasteiger partial charge in [-0.1, -0.05) is 0 Å². The molecular formula is C16H23F3N4O2. The summed E-state index contributed by atoms with van der Waals surface area (Å²) in [6, 6.07) is 0.975. The second-order valence-corrected chi connectivity index (χ2v) is 6.83. The van der Waals surface area contributed by atoms with E-state index in [-0.39, 0.29) is 24.8 Å². The summed E-state index contributed by atoms with van der Waals surface area (Å²) in [6.07, 6.45) is -1.43. The van der Waals surface area contributed by atoms with Crippen LogP contribution in [0, 0.1) is 0 Å². The van der Waals surface area contributed by atoms with Crippen molar-refractivity contribution >= 4 is 11.8 Å². The molecule has 6 nitrogen and oxygen atoms in total. The molecule has 9 heteroatoms. The number of rotatable bonds is 3. The fourth-order valence-corrected chi connectivity index (χ4v) is 3.35. The van der Waals surface area contributed by atoms with Crippen LogP contribution in [0.2, 0.25) is 0 Å². The number of hydrogen-bond acceptors (Lipinski definition) is 6. The number of aliphatic hydroxyl groups is 2. The molecule has 0 aromatic carbocycles. The molecule has 0 spiro atoms. The SMILES string of the molecule is OCC1(O)CCCN(c2cc(C(F)(F)F)nc(N3CCCC3)n2)CC1. The number of nitrogens with zero attached hydrogens (tertiary/aromatic N) is 4. The van der Waals surface area contributed by atoms with Crippen molar-refractivity contribution in [2.24, 2.45) is 0 Å². The first-order valence-corrected chi connectivity index (χ1v) is 8.60. The van der Waals surface area contributed by atoms with Crippen LogP contribution in [0.25, 0.3) is 0 Å². The van der Waals surface area contributed by atoms with Crippen LogP contribution in [0.4, 0.5) is 24.9 Å². The Labute approximate surface area is 144 Å². The van der Waals surface area contributed by atoms with Crippen LogP contribution < -0.4 is 9.80 Å². The van der Waals surface area contributed by atoms with E-state index in [0.29, 0.717) is 39.0 Å². The van der Waals surface area contributed by atoms with Gasteiger partial charge in [0.1, 0.15) is 5.82 Å². The number of aliphatic hydroxyl groups excluding tert-OH is 1. The third kappa shape index (κ3) is 4.14. The van der Waals surface area contributed by atoms with Crippen molar-refractivity contribution in [1.82, 2.24) is 9.97 Å². The van der Waals surface area contributed by atoms with Crippen LogP contribution in [0.1, 0.15) is 37.8 Å². The predicted octanol–water partition coefficient (Wildman–Crippen LogP) is 1.81. The van der Waals surface area contributed by atoms with E-state index in [1.807, 2.05) is 0 Å². The quantitative estimate of drug-likeness (QED) is 0.857. The predicted molar refractivity (Wildman–Crippen MR) is 86.6 cm³/mol. The molecule has 0 aliphatic carbocycles. The lowest BCUT2D eigenvalue weighted by Crippen LogP contribution is -2.35. The molecule has 3 rings (SSSR count). The van der Waals surface area contributed by atoms with Crippen LogP contribution in [0.5, 0.6) is 0 Å². The van der Waals surface area contributed by atoms with E-state index >= 15 is 0 Å². The highest BCUT2D eigenvalue weighted by Gasteiger charge is 2.36. The van der Waals surface area contributed by atoms with Crippen molar-refractivity contribution in [2.45, 2.75) is 43.9 Å². The Morgan fingerprint density at radius 2 is 1.68 bits per heavy atom. The normalized spacial score (nSPS) is 25.3. The van der Waals surface area contributed by atoms with Gasteiger partial charge in [-0.3, -0.25) is 0 Å². The van der Waals surface area contributed by atoms with Crippen molar-refractivity contribution < 1.29 is 23.4 Å². The Morgan fingerprint density at radius 1 is 1.00 bits per heavy atom. The summed E-state index contributed by atoms with van der Waals surface area (Å²) in [5.41, 5.74) is -2.12. The van der Waals surface area contributed by atoms with Crippen molar-refractivity contribution in [3.05, 3.63) is 11.8 Å². The van der Waals surface area contributed by atoms with E-state index in [2.05, 4.69) is 9.97 Å². The molecule has 25 heavy (non-hydrogen) atoms. The minimum atomic E-state index is -4.54. The Morgan fingerprint density at radius 3 is 2.32 bits per heavy atom. The maximum atomic E-state index is 13.3. The molecule has 0 bridgehead atoms. The third-order valence-corrected chi connectivity index (χ3v) is 4.92. The summed E-state index contributed by atoms with van der Waals surface area (Å²) in [7, 11) is 0. The van der Waals surface area contributed by atoms with Gasteiger partial charge >= 0.3 is 6.18 Å². The Balaban J connectivity index is 1.90. The van der Waals surface area contributed by atoms with E-state index in [1.165, 1.54) is 0 Å². The minimum absolute atomic E-state index is 0.115. The summed E-state index contributed by atoms with van der Waals surface area (Å²) >= 11 is 0. The molecule has 2 aliphatic rings. The largest absolute Gasteiger partial charge is 0.433 e. The number of hydrogen-bond donors (Lipinski definition) is 2. The lowest BCUT2D eigenvalue weighted by Gasteiger charge is -2.26. The fourth-order valence-electron chi connectivity index (χ4n) is 3.35. The molecule has 1 atom stereocenters. The summed E-state index contributed by atoms with van der Waals surface area (Å²) in [5, 5.41) is 19.6. The topological polar surface area (TPSA) is 72.7 Å². The van der Waals surface area contributed by atoms with Gasteiger partial charge in [-0.05, 0) is 32.1 Å². The Kier molecular flexibility index (Phi) is 5.06. The van der Waals surface area contributed by atoms with Gasteiger partial charge in [-0.15, -0.1) is 0 Å². The van der Waals surface area contributed by atoms with Crippen LogP contribution in [-0.2, 0) is 6.18 Å². The Hall–Kier alpha value is -1.61. The number of halogens is 3. The molecule has 0 amide bonds. The maximum Gasteiger partial charge on any atom is 0.433 e. The molecule has 3 heterocycles. The second kappa shape index (κ2) is 6.95. The first-order valence-electron chi connectivity index (χ1n) is 8.60. The zero-order valence-corrected chi connectivity index (χ0v) is 14.0. The zero-order valence-electron chi connectivity index (χ0n) is 14.0. The number of anilines is 2. The third-order valence-electron chi connectivity index (χ3n) is 4.92. The van der Waals surface area contributed by atoms with Gasteiger partial charge in [0.2, 0.25) is 5.95 Å². The van der Waals surface area contributed by atoms with Crippen LogP contribution in [-0.4, -0.2) is 58.6 Å². The fraction of sp³-hybridized carbons (Fsp3) is 0.750. The average Bonchev–Trinajstić information content (AvgIpc) is 3.04. The molecule has 1 unspecified atom stereocenters. The van der Waals surface area contributed by atoms with E-state index in [1.54, 1.807) is 9.80 Å². The lowest BCUT2D eigenvalue weighted by molar-refractivity contribution is -0.141. The van der Waals surface area contributed by atoms with Crippen molar-refractivity contribution in [1.29, 1.82) is 0 Å². The molecule has 1 aromatic heterocycles. The van der Waals surface area contributed by atoms with E-state index in [9.17, 15) is 23.4 Å². The minimum Gasteiger partial charge on any atom is -0.393 e. The number of alkyl halides is 3. The molecule has 2 N–H and O–H groups in total. The van der Waals surface area contributed by atoms with Gasteiger partial charge in [0.05, 0.1) is 12.2 Å². The molecule has 2 aliphatic heterocycles. The highest BCUT2D eigenvalue weighted by atomic mass is 19.4. The van der Waals surface area contributed by atoms with Gasteiger partial charge in [0.15, 0.2) is 5.69 Å². The van der Waals surface area contributed by atoms with Gasteiger partial charge in [-0.25, -0.2) is 4.98 Å². The molecule has 140 valence electrons. The van der Waals surface area contributed by atoms with Crippen LogP contribution >= 0.6 is 0 Å². The molecule has 2 saturated heterocycles. The summed E-state index contributed by atoms with van der Waals surface area (Å²) in [6.45, 7) is 1.79. The molecule has 0 radical (unpaired) electrons. The van der Waals surface area contributed by atoms with E-state index in [4.69, 9.17) is 0 Å². The van der Waals surface area contributed by atoms with Crippen molar-refractivity contribution in [3.63, 3.8) is 0 Å². The first-order chi connectivity index (χ1) is 11.8.